The molecule has 0 heterocycles. The van der Waals surface area contributed by atoms with E-state index in [1.54, 1.807) is 0 Å². The van der Waals surface area contributed by atoms with E-state index in [-0.39, 0.29) is 18.5 Å². The van der Waals surface area contributed by atoms with E-state index in [9.17, 15) is 9.59 Å². The van der Waals surface area contributed by atoms with Gasteiger partial charge in [0.05, 0.1) is 0 Å². The van der Waals surface area contributed by atoms with E-state index in [0.717, 1.165) is 48.7 Å². The minimum Gasteiger partial charge on any atom is -0.462 e. The van der Waals surface area contributed by atoms with Crippen LogP contribution in [0.25, 0.3) is 0 Å². The van der Waals surface area contributed by atoms with Crippen molar-refractivity contribution in [2.24, 2.45) is 5.73 Å². The maximum Gasteiger partial charge on any atom is 0.306 e. The Balaban J connectivity index is 3.72. The lowest BCUT2D eigenvalue weighted by Gasteiger charge is -2.17. The molecule has 0 aliphatic rings. The third-order valence-electron chi connectivity index (χ3n) is 6.12. The number of carbonyl (C=O) groups excluding carboxylic acids is 2. The van der Waals surface area contributed by atoms with Gasteiger partial charge in [-0.1, -0.05) is 120 Å². The van der Waals surface area contributed by atoms with Crippen LogP contribution >= 0.6 is 43.2 Å². The van der Waals surface area contributed by atoms with Crippen LogP contribution < -0.4 is 5.73 Å². The molecule has 0 saturated carbocycles. The number of hydrogen-bond acceptors (Lipinski definition) is 9. The van der Waals surface area contributed by atoms with Crippen LogP contribution in [0.4, 0.5) is 0 Å². The second-order valence-corrected chi connectivity index (χ2v) is 15.5. The van der Waals surface area contributed by atoms with Gasteiger partial charge in [-0.15, -0.1) is 0 Å². The zero-order valence-corrected chi connectivity index (χ0v) is 29.3. The van der Waals surface area contributed by atoms with Crippen LogP contribution in [-0.2, 0) is 19.1 Å². The molecule has 0 saturated heterocycles. The molecule has 0 aliphatic heterocycles. The lowest BCUT2D eigenvalue weighted by atomic mass is 10.1. The zero-order chi connectivity index (χ0) is 30.1. The molecule has 9 heteroatoms. The molecule has 0 radical (unpaired) electrons. The molecule has 0 spiro atoms. The van der Waals surface area contributed by atoms with Gasteiger partial charge >= 0.3 is 11.9 Å². The van der Waals surface area contributed by atoms with Crippen LogP contribution in [-0.4, -0.2) is 54.2 Å². The van der Waals surface area contributed by atoms with Crippen molar-refractivity contribution in [1.29, 1.82) is 0 Å². The van der Waals surface area contributed by atoms with Gasteiger partial charge in [0.2, 0.25) is 0 Å². The average molecular weight is 650 g/mol. The number of allylic oxidation sites excluding steroid dienone is 4. The van der Waals surface area contributed by atoms with E-state index >= 15 is 0 Å². The van der Waals surface area contributed by atoms with E-state index in [1.165, 1.54) is 64.2 Å². The van der Waals surface area contributed by atoms with Crippen molar-refractivity contribution in [1.82, 2.24) is 0 Å². The molecule has 0 aromatic carbocycles. The molecule has 0 aromatic heterocycles. The van der Waals surface area contributed by atoms with Crippen molar-refractivity contribution in [2.75, 3.05) is 36.2 Å². The number of carbonyl (C=O) groups is 2. The van der Waals surface area contributed by atoms with Gasteiger partial charge in [0.1, 0.15) is 12.7 Å². The first-order valence-electron chi connectivity index (χ1n) is 16.0. The van der Waals surface area contributed by atoms with Gasteiger partial charge < -0.3 is 15.2 Å². The van der Waals surface area contributed by atoms with Crippen molar-refractivity contribution < 1.29 is 19.1 Å². The van der Waals surface area contributed by atoms with E-state index < -0.39 is 6.10 Å². The Morgan fingerprint density at radius 2 is 1.12 bits per heavy atom. The lowest BCUT2D eigenvalue weighted by molar-refractivity contribution is -0.159. The number of rotatable bonds is 31. The minimum atomic E-state index is -0.461. The molecule has 0 aromatic rings. The first-order chi connectivity index (χ1) is 20.1. The normalized spacial score (nSPS) is 12.4. The summed E-state index contributed by atoms with van der Waals surface area (Å²) in [5, 5.41) is 0. The molecule has 240 valence electrons. The van der Waals surface area contributed by atoms with E-state index in [4.69, 9.17) is 15.2 Å². The highest BCUT2D eigenvalue weighted by atomic mass is 33.1. The highest BCUT2D eigenvalue weighted by molar-refractivity contribution is 8.77. The molecule has 0 amide bonds. The third kappa shape index (κ3) is 32.5. The highest BCUT2D eigenvalue weighted by Gasteiger charge is 2.16. The van der Waals surface area contributed by atoms with Gasteiger partial charge in [-0.25, -0.2) is 0 Å². The second-order valence-electron chi connectivity index (χ2n) is 10.1. The van der Waals surface area contributed by atoms with Crippen LogP contribution in [0.2, 0.25) is 0 Å². The maximum atomic E-state index is 12.2. The van der Waals surface area contributed by atoms with Crippen LogP contribution in [0.3, 0.4) is 0 Å². The fourth-order valence-corrected chi connectivity index (χ4v) is 7.89. The Labute approximate surface area is 268 Å². The standard InChI is InChI=1S/C32H59NO4S4/c1-3-5-7-9-11-13-15-17-25-38-40-27-19-21-31(34)36-29-30(23-24-33)37-32(35)22-20-28-41-39-26-18-16-14-12-10-8-6-4-2/h13-16,30H,3-12,17-29,33H2,1-2H3/b15-13-,16-14-/t30-/m0/s1. The van der Waals surface area contributed by atoms with Gasteiger partial charge in [-0.2, -0.15) is 0 Å². The molecule has 0 unspecified atom stereocenters. The van der Waals surface area contributed by atoms with Gasteiger partial charge in [0, 0.05) is 42.3 Å². The van der Waals surface area contributed by atoms with Crippen molar-refractivity contribution in [2.45, 2.75) is 129 Å². The van der Waals surface area contributed by atoms with E-state index in [0.29, 0.717) is 25.8 Å². The van der Waals surface area contributed by atoms with Crippen LogP contribution in [0, 0.1) is 0 Å². The maximum absolute atomic E-state index is 12.2. The van der Waals surface area contributed by atoms with E-state index in [2.05, 4.69) is 38.2 Å². The molecule has 2 N–H and O–H groups in total. The summed E-state index contributed by atoms with van der Waals surface area (Å²) in [5.41, 5.74) is 5.67. The van der Waals surface area contributed by atoms with Gasteiger partial charge in [-0.05, 0) is 57.9 Å². The Hall–Kier alpha value is -0.220. The molecule has 0 bridgehead atoms. The number of nitrogens with two attached hydrogens (primary N) is 1. The fourth-order valence-electron chi connectivity index (χ4n) is 3.73. The summed E-state index contributed by atoms with van der Waals surface area (Å²) in [7, 11) is 7.35. The van der Waals surface area contributed by atoms with Crippen LogP contribution in [0.5, 0.6) is 0 Å². The largest absolute Gasteiger partial charge is 0.462 e. The fraction of sp³-hybridized carbons (Fsp3) is 0.812. The number of unbranched alkanes of at least 4 members (excludes halogenated alkanes) is 8. The lowest BCUT2D eigenvalue weighted by Crippen LogP contribution is -2.27. The minimum absolute atomic E-state index is 0.0885. The molecule has 0 rings (SSSR count). The Kier molecular flexibility index (Phi) is 34.1. The zero-order valence-electron chi connectivity index (χ0n) is 26.0. The predicted molar refractivity (Wildman–Crippen MR) is 188 cm³/mol. The van der Waals surface area contributed by atoms with Crippen molar-refractivity contribution in [3.63, 3.8) is 0 Å². The monoisotopic (exact) mass is 649 g/mol. The summed E-state index contributed by atoms with van der Waals surface area (Å²) in [6.45, 7) is 4.96. The Bertz CT molecular complexity index is 649. The first-order valence-corrected chi connectivity index (χ1v) is 21.0. The third-order valence-corrected chi connectivity index (χ3v) is 11.2. The summed E-state index contributed by atoms with van der Waals surface area (Å²) < 4.78 is 10.9. The number of esters is 2. The summed E-state index contributed by atoms with van der Waals surface area (Å²) in [6.07, 6.45) is 26.7. The molecular formula is C32H59NO4S4. The first kappa shape index (κ1) is 40.8. The second kappa shape index (κ2) is 34.3. The summed E-state index contributed by atoms with van der Waals surface area (Å²) in [4.78, 5) is 24.4. The van der Waals surface area contributed by atoms with Gasteiger partial charge in [0.25, 0.3) is 0 Å². The molecular weight excluding hydrogens is 591 g/mol. The van der Waals surface area contributed by atoms with Crippen LogP contribution in [0.15, 0.2) is 24.3 Å². The topological polar surface area (TPSA) is 78.6 Å². The highest BCUT2D eigenvalue weighted by Crippen LogP contribution is 2.24. The molecule has 0 fully saturated rings. The molecule has 1 atom stereocenters. The van der Waals surface area contributed by atoms with Gasteiger partial charge in [-0.3, -0.25) is 9.59 Å². The predicted octanol–water partition coefficient (Wildman–Crippen LogP) is 9.95. The summed E-state index contributed by atoms with van der Waals surface area (Å²) >= 11 is 0. The quantitative estimate of drug-likeness (QED) is 0.0342. The van der Waals surface area contributed by atoms with Crippen LogP contribution in [0.1, 0.15) is 123 Å². The smallest absolute Gasteiger partial charge is 0.306 e. The van der Waals surface area contributed by atoms with Crippen molar-refractivity contribution in [3.8, 4) is 0 Å². The van der Waals surface area contributed by atoms with Gasteiger partial charge in [0.15, 0.2) is 0 Å². The Morgan fingerprint density at radius 1 is 0.634 bits per heavy atom. The average Bonchev–Trinajstić information content (AvgIpc) is 2.96. The van der Waals surface area contributed by atoms with E-state index in [1.807, 2.05) is 43.2 Å². The van der Waals surface area contributed by atoms with Crippen molar-refractivity contribution in [3.05, 3.63) is 24.3 Å². The molecule has 5 nitrogen and oxygen atoms in total. The number of ether oxygens (including phenoxy) is 2. The molecule has 41 heavy (non-hydrogen) atoms. The SMILES string of the molecule is CCCCCC/C=C\CCSSCCCC(=O)OC[C@H](CCN)OC(=O)CCCSSCC/C=C\CCCCCC. The summed E-state index contributed by atoms with van der Waals surface area (Å²) in [6, 6.07) is 0. The number of hydrogen-bond donors (Lipinski definition) is 1. The Morgan fingerprint density at radius 3 is 1.63 bits per heavy atom. The summed E-state index contributed by atoms with van der Waals surface area (Å²) in [5.74, 6) is 3.56. The molecule has 0 aliphatic carbocycles. The van der Waals surface area contributed by atoms with Crippen molar-refractivity contribution >= 4 is 55.1 Å².